The van der Waals surface area contributed by atoms with Crippen LogP contribution in [0.1, 0.15) is 5.69 Å². The Morgan fingerprint density at radius 3 is 2.66 bits per heavy atom. The molecule has 5 heterocycles. The van der Waals surface area contributed by atoms with Gasteiger partial charge in [0.1, 0.15) is 22.2 Å². The third-order valence-electron chi connectivity index (χ3n) is 5.08. The number of hydrogen-bond donors (Lipinski definition) is 1. The fraction of sp³-hybridized carbons (Fsp3) is 0.238. The third-order valence-corrected chi connectivity index (χ3v) is 5.37. The maximum absolute atomic E-state index is 6.54. The van der Waals surface area contributed by atoms with Crippen LogP contribution in [-0.2, 0) is 4.74 Å². The average Bonchev–Trinajstić information content (AvgIpc) is 3.28. The van der Waals surface area contributed by atoms with Crippen molar-refractivity contribution in [1.82, 2.24) is 25.1 Å². The highest BCUT2D eigenvalue weighted by Gasteiger charge is 2.20. The number of aryl methyl sites for hydroxylation is 1. The van der Waals surface area contributed by atoms with Crippen molar-refractivity contribution < 1.29 is 4.74 Å². The second-order valence-corrected chi connectivity index (χ2v) is 7.30. The van der Waals surface area contributed by atoms with E-state index in [2.05, 4.69) is 31.1 Å². The van der Waals surface area contributed by atoms with Crippen molar-refractivity contribution in [1.29, 1.82) is 0 Å². The Balaban J connectivity index is 1.79. The minimum absolute atomic E-state index is 0.477. The van der Waals surface area contributed by atoms with Gasteiger partial charge in [-0.3, -0.25) is 10.1 Å². The van der Waals surface area contributed by atoms with Crippen molar-refractivity contribution in [3.05, 3.63) is 53.6 Å². The minimum Gasteiger partial charge on any atom is -0.378 e. The van der Waals surface area contributed by atoms with Crippen LogP contribution in [0.5, 0.6) is 0 Å². The number of hydrogen-bond acceptors (Lipinski definition) is 6. The predicted octanol–water partition coefficient (Wildman–Crippen LogP) is 3.88. The molecule has 5 rings (SSSR count). The molecule has 0 saturated carbocycles. The van der Waals surface area contributed by atoms with Gasteiger partial charge in [-0.2, -0.15) is 5.10 Å². The van der Waals surface area contributed by atoms with Crippen LogP contribution < -0.4 is 4.90 Å². The van der Waals surface area contributed by atoms with Crippen LogP contribution in [0.3, 0.4) is 0 Å². The molecule has 1 saturated heterocycles. The SMILES string of the molecule is Cc1ccc(-c2cc(N3CCOCC3)nc3c(-c4ccn[nH]4)nccc23)c(Cl)n1. The number of morpholine rings is 1. The first-order chi connectivity index (χ1) is 14.2. The lowest BCUT2D eigenvalue weighted by Gasteiger charge is -2.28. The molecule has 1 fully saturated rings. The van der Waals surface area contributed by atoms with Gasteiger partial charge in [0.25, 0.3) is 0 Å². The molecule has 8 heteroatoms. The molecule has 29 heavy (non-hydrogen) atoms. The summed E-state index contributed by atoms with van der Waals surface area (Å²) in [7, 11) is 0. The van der Waals surface area contributed by atoms with E-state index in [-0.39, 0.29) is 0 Å². The van der Waals surface area contributed by atoms with Crippen LogP contribution >= 0.6 is 11.6 Å². The van der Waals surface area contributed by atoms with Crippen LogP contribution in [-0.4, -0.2) is 51.5 Å². The number of halogens is 1. The summed E-state index contributed by atoms with van der Waals surface area (Å²) in [6, 6.07) is 9.93. The zero-order chi connectivity index (χ0) is 19.8. The summed E-state index contributed by atoms with van der Waals surface area (Å²) >= 11 is 6.54. The van der Waals surface area contributed by atoms with Crippen LogP contribution in [0.15, 0.2) is 42.7 Å². The number of aromatic nitrogens is 5. The Hall–Kier alpha value is -3.03. The first-order valence-electron chi connectivity index (χ1n) is 9.46. The van der Waals surface area contributed by atoms with Crippen molar-refractivity contribution in [3.8, 4) is 22.5 Å². The van der Waals surface area contributed by atoms with E-state index in [9.17, 15) is 0 Å². The molecule has 1 aliphatic heterocycles. The van der Waals surface area contributed by atoms with E-state index in [1.807, 2.05) is 31.2 Å². The minimum atomic E-state index is 0.477. The van der Waals surface area contributed by atoms with E-state index >= 15 is 0 Å². The third kappa shape index (κ3) is 3.32. The van der Waals surface area contributed by atoms with Gasteiger partial charge in [0, 0.05) is 42.1 Å². The van der Waals surface area contributed by atoms with E-state index < -0.39 is 0 Å². The molecule has 0 amide bonds. The first-order valence-corrected chi connectivity index (χ1v) is 9.84. The standard InChI is InChI=1S/C21H19ClN6O/c1-13-2-3-15(21(22)25-13)16-12-18(28-8-10-29-11-9-28)26-19-14(16)4-6-23-20(19)17-5-7-24-27-17/h2-7,12H,8-11H2,1H3,(H,24,27). The lowest BCUT2D eigenvalue weighted by molar-refractivity contribution is 0.122. The van der Waals surface area contributed by atoms with Crippen LogP contribution in [0.4, 0.5) is 5.82 Å². The molecule has 0 unspecified atom stereocenters. The van der Waals surface area contributed by atoms with Gasteiger partial charge in [0.2, 0.25) is 0 Å². The van der Waals surface area contributed by atoms with Gasteiger partial charge < -0.3 is 9.64 Å². The van der Waals surface area contributed by atoms with Gasteiger partial charge in [0.05, 0.1) is 18.9 Å². The van der Waals surface area contributed by atoms with Crippen molar-refractivity contribution in [2.45, 2.75) is 6.92 Å². The van der Waals surface area contributed by atoms with Crippen molar-refractivity contribution in [3.63, 3.8) is 0 Å². The zero-order valence-corrected chi connectivity index (χ0v) is 16.6. The average molecular weight is 407 g/mol. The monoisotopic (exact) mass is 406 g/mol. The number of rotatable bonds is 3. The summed E-state index contributed by atoms with van der Waals surface area (Å²) in [5, 5.41) is 8.51. The molecule has 1 aliphatic rings. The maximum atomic E-state index is 6.54. The van der Waals surface area contributed by atoms with Gasteiger partial charge in [-0.05, 0) is 42.8 Å². The number of fused-ring (bicyclic) bond motifs is 1. The van der Waals surface area contributed by atoms with Crippen LogP contribution in [0.2, 0.25) is 5.15 Å². The molecular weight excluding hydrogens is 388 g/mol. The Morgan fingerprint density at radius 1 is 1.03 bits per heavy atom. The molecule has 0 aliphatic carbocycles. The van der Waals surface area contributed by atoms with Crippen molar-refractivity contribution in [2.75, 3.05) is 31.2 Å². The smallest absolute Gasteiger partial charge is 0.137 e. The molecule has 0 radical (unpaired) electrons. The maximum Gasteiger partial charge on any atom is 0.137 e. The Labute approximate surface area is 172 Å². The lowest BCUT2D eigenvalue weighted by Crippen LogP contribution is -2.36. The quantitative estimate of drug-likeness (QED) is 0.520. The van der Waals surface area contributed by atoms with Gasteiger partial charge >= 0.3 is 0 Å². The van der Waals surface area contributed by atoms with E-state index in [1.54, 1.807) is 12.4 Å². The summed E-state index contributed by atoms with van der Waals surface area (Å²) in [4.78, 5) is 16.2. The van der Waals surface area contributed by atoms with Crippen molar-refractivity contribution >= 4 is 28.3 Å². The molecule has 1 N–H and O–H groups in total. The van der Waals surface area contributed by atoms with E-state index in [0.717, 1.165) is 58.0 Å². The fourth-order valence-corrected chi connectivity index (χ4v) is 3.92. The van der Waals surface area contributed by atoms with E-state index in [4.69, 9.17) is 21.3 Å². The number of anilines is 1. The highest BCUT2D eigenvalue weighted by molar-refractivity contribution is 6.32. The van der Waals surface area contributed by atoms with Crippen LogP contribution in [0.25, 0.3) is 33.4 Å². The number of aromatic amines is 1. The fourth-order valence-electron chi connectivity index (χ4n) is 3.63. The molecule has 7 nitrogen and oxygen atoms in total. The van der Waals surface area contributed by atoms with Gasteiger partial charge in [0.15, 0.2) is 0 Å². The number of H-pyrrole nitrogens is 1. The van der Waals surface area contributed by atoms with E-state index in [1.165, 1.54) is 0 Å². The van der Waals surface area contributed by atoms with Crippen LogP contribution in [0, 0.1) is 6.92 Å². The number of ether oxygens (including phenoxy) is 1. The normalized spacial score (nSPS) is 14.5. The second kappa shape index (κ2) is 7.42. The molecular formula is C21H19ClN6O. The number of nitrogens with zero attached hydrogens (tertiary/aromatic N) is 5. The molecule has 0 bridgehead atoms. The van der Waals surface area contributed by atoms with Gasteiger partial charge in [-0.1, -0.05) is 11.6 Å². The largest absolute Gasteiger partial charge is 0.378 e. The first kappa shape index (κ1) is 18.0. The summed E-state index contributed by atoms with van der Waals surface area (Å²) in [5.74, 6) is 0.876. The highest BCUT2D eigenvalue weighted by atomic mass is 35.5. The molecule has 0 spiro atoms. The molecule has 0 atom stereocenters. The Bertz CT molecular complexity index is 1170. The summed E-state index contributed by atoms with van der Waals surface area (Å²) in [5.41, 5.74) is 5.12. The van der Waals surface area contributed by atoms with Crippen molar-refractivity contribution in [2.24, 2.45) is 0 Å². The van der Waals surface area contributed by atoms with Gasteiger partial charge in [-0.15, -0.1) is 0 Å². The Morgan fingerprint density at radius 2 is 1.90 bits per heavy atom. The number of pyridine rings is 3. The summed E-state index contributed by atoms with van der Waals surface area (Å²) < 4.78 is 5.51. The molecule has 0 aromatic carbocycles. The lowest BCUT2D eigenvalue weighted by atomic mass is 10.0. The predicted molar refractivity (Wildman–Crippen MR) is 113 cm³/mol. The van der Waals surface area contributed by atoms with E-state index in [0.29, 0.717) is 18.4 Å². The number of nitrogens with one attached hydrogen (secondary N) is 1. The molecule has 4 aromatic heterocycles. The summed E-state index contributed by atoms with van der Waals surface area (Å²) in [6.07, 6.45) is 3.50. The van der Waals surface area contributed by atoms with Gasteiger partial charge in [-0.25, -0.2) is 9.97 Å². The molecule has 4 aromatic rings. The molecule has 146 valence electrons. The Kier molecular flexibility index (Phi) is 4.61. The second-order valence-electron chi connectivity index (χ2n) is 6.94. The topological polar surface area (TPSA) is 79.8 Å². The zero-order valence-electron chi connectivity index (χ0n) is 15.9. The highest BCUT2D eigenvalue weighted by Crippen LogP contribution is 2.37. The summed E-state index contributed by atoms with van der Waals surface area (Å²) in [6.45, 7) is 4.87.